The average Bonchev–Trinajstić information content (AvgIpc) is 2.71. The van der Waals surface area contributed by atoms with E-state index < -0.39 is 0 Å². The molecule has 0 bridgehead atoms. The number of aromatic nitrogens is 2. The fourth-order valence-corrected chi connectivity index (χ4v) is 1.70. The highest BCUT2D eigenvalue weighted by atomic mass is 15.3. The molecule has 0 aliphatic heterocycles. The Balaban J connectivity index is 2.43. The number of hydrogen-bond acceptors (Lipinski definition) is 2. The van der Waals surface area contributed by atoms with Crippen LogP contribution in [0.5, 0.6) is 0 Å². The fourth-order valence-electron chi connectivity index (χ4n) is 1.70. The van der Waals surface area contributed by atoms with Crippen LogP contribution in [-0.2, 0) is 7.05 Å². The molecule has 2 aromatic rings. The van der Waals surface area contributed by atoms with E-state index in [0.29, 0.717) is 0 Å². The summed E-state index contributed by atoms with van der Waals surface area (Å²) >= 11 is 0. The third-order valence-corrected chi connectivity index (χ3v) is 2.62. The van der Waals surface area contributed by atoms with Crippen molar-refractivity contribution in [3.05, 3.63) is 42.1 Å². The van der Waals surface area contributed by atoms with Gasteiger partial charge >= 0.3 is 0 Å². The van der Waals surface area contributed by atoms with Gasteiger partial charge in [0.05, 0.1) is 23.4 Å². The van der Waals surface area contributed by atoms with Crippen LogP contribution < -0.4 is 0 Å². The lowest BCUT2D eigenvalue weighted by molar-refractivity contribution is 0.698. The van der Waals surface area contributed by atoms with Gasteiger partial charge < -0.3 is 0 Å². The molecule has 0 radical (unpaired) electrons. The smallest absolute Gasteiger partial charge is 0.0926 e. The molecular weight excluding hydrogens is 198 g/mol. The summed E-state index contributed by atoms with van der Waals surface area (Å²) in [7, 11) is 1.87. The van der Waals surface area contributed by atoms with Gasteiger partial charge in [0.25, 0.3) is 0 Å². The van der Waals surface area contributed by atoms with E-state index in [1.54, 1.807) is 4.68 Å². The number of nitrogens with zero attached hydrogens (tertiary/aromatic N) is 3. The van der Waals surface area contributed by atoms with Gasteiger partial charge in [-0.15, -0.1) is 0 Å². The molecule has 1 aromatic carbocycles. The molecule has 0 N–H and O–H groups in total. The summed E-state index contributed by atoms with van der Waals surface area (Å²) in [5, 5.41) is 13.3. The van der Waals surface area contributed by atoms with E-state index >= 15 is 0 Å². The second-order valence-corrected chi connectivity index (χ2v) is 3.79. The SMILES string of the molecule is CC(C#N)c1cc(-c2ccccc2)nn1C. The highest BCUT2D eigenvalue weighted by Gasteiger charge is 2.12. The number of nitriles is 1. The summed E-state index contributed by atoms with van der Waals surface area (Å²) < 4.78 is 1.77. The molecule has 0 spiro atoms. The lowest BCUT2D eigenvalue weighted by Crippen LogP contribution is -2.00. The molecule has 0 amide bonds. The van der Waals surface area contributed by atoms with Gasteiger partial charge in [0.15, 0.2) is 0 Å². The topological polar surface area (TPSA) is 41.6 Å². The number of benzene rings is 1. The maximum absolute atomic E-state index is 8.90. The summed E-state index contributed by atoms with van der Waals surface area (Å²) in [6.45, 7) is 1.88. The largest absolute Gasteiger partial charge is 0.271 e. The first-order chi connectivity index (χ1) is 7.72. The molecule has 16 heavy (non-hydrogen) atoms. The normalized spacial score (nSPS) is 12.1. The summed E-state index contributed by atoms with van der Waals surface area (Å²) in [4.78, 5) is 0. The molecule has 1 heterocycles. The number of rotatable bonds is 2. The van der Waals surface area contributed by atoms with E-state index in [-0.39, 0.29) is 5.92 Å². The van der Waals surface area contributed by atoms with Crippen molar-refractivity contribution in [3.8, 4) is 17.3 Å². The molecule has 3 heteroatoms. The molecular formula is C13H13N3. The predicted molar refractivity (Wildman–Crippen MR) is 62.7 cm³/mol. The Morgan fingerprint density at radius 2 is 2.00 bits per heavy atom. The van der Waals surface area contributed by atoms with Crippen molar-refractivity contribution in [2.75, 3.05) is 0 Å². The lowest BCUT2D eigenvalue weighted by atomic mass is 10.1. The minimum atomic E-state index is -0.130. The van der Waals surface area contributed by atoms with Crippen molar-refractivity contribution in [1.29, 1.82) is 5.26 Å². The first kappa shape index (κ1) is 10.4. The summed E-state index contributed by atoms with van der Waals surface area (Å²) in [6, 6.07) is 14.2. The van der Waals surface area contributed by atoms with Crippen molar-refractivity contribution >= 4 is 0 Å². The third-order valence-electron chi connectivity index (χ3n) is 2.62. The van der Waals surface area contributed by atoms with Gasteiger partial charge in [-0.3, -0.25) is 4.68 Å². The van der Waals surface area contributed by atoms with Crippen LogP contribution in [-0.4, -0.2) is 9.78 Å². The van der Waals surface area contributed by atoms with Gasteiger partial charge in [-0.05, 0) is 13.0 Å². The van der Waals surface area contributed by atoms with Crippen LogP contribution in [0.2, 0.25) is 0 Å². The Hall–Kier alpha value is -2.08. The van der Waals surface area contributed by atoms with E-state index in [2.05, 4.69) is 11.2 Å². The van der Waals surface area contributed by atoms with Crippen LogP contribution in [0.3, 0.4) is 0 Å². The van der Waals surface area contributed by atoms with E-state index in [9.17, 15) is 0 Å². The molecule has 0 saturated heterocycles. The second kappa shape index (κ2) is 4.19. The van der Waals surface area contributed by atoms with Crippen LogP contribution in [0.25, 0.3) is 11.3 Å². The van der Waals surface area contributed by atoms with Gasteiger partial charge in [-0.1, -0.05) is 30.3 Å². The highest BCUT2D eigenvalue weighted by Crippen LogP contribution is 2.22. The van der Waals surface area contributed by atoms with Crippen molar-refractivity contribution in [3.63, 3.8) is 0 Å². The maximum Gasteiger partial charge on any atom is 0.0926 e. The molecule has 1 unspecified atom stereocenters. The van der Waals surface area contributed by atoms with Gasteiger partial charge in [-0.25, -0.2) is 0 Å². The number of aryl methyl sites for hydroxylation is 1. The Labute approximate surface area is 94.9 Å². The molecule has 1 atom stereocenters. The van der Waals surface area contributed by atoms with Crippen LogP contribution >= 0.6 is 0 Å². The van der Waals surface area contributed by atoms with Crippen LogP contribution in [0.4, 0.5) is 0 Å². The van der Waals surface area contributed by atoms with E-state index in [1.807, 2.05) is 50.4 Å². The molecule has 80 valence electrons. The number of hydrogen-bond donors (Lipinski definition) is 0. The molecule has 2 rings (SSSR count). The van der Waals surface area contributed by atoms with Crippen molar-refractivity contribution in [1.82, 2.24) is 9.78 Å². The van der Waals surface area contributed by atoms with E-state index in [0.717, 1.165) is 17.0 Å². The maximum atomic E-state index is 8.90. The second-order valence-electron chi connectivity index (χ2n) is 3.79. The molecule has 0 aliphatic carbocycles. The Bertz CT molecular complexity index is 520. The monoisotopic (exact) mass is 211 g/mol. The molecule has 3 nitrogen and oxygen atoms in total. The Morgan fingerprint density at radius 1 is 1.31 bits per heavy atom. The zero-order valence-corrected chi connectivity index (χ0v) is 9.38. The van der Waals surface area contributed by atoms with Gasteiger partial charge in [-0.2, -0.15) is 10.4 Å². The zero-order chi connectivity index (χ0) is 11.5. The fraction of sp³-hybridized carbons (Fsp3) is 0.231. The minimum Gasteiger partial charge on any atom is -0.271 e. The lowest BCUT2D eigenvalue weighted by Gasteiger charge is -2.00. The Morgan fingerprint density at radius 3 is 2.62 bits per heavy atom. The van der Waals surface area contributed by atoms with Gasteiger partial charge in [0.2, 0.25) is 0 Å². The summed E-state index contributed by atoms with van der Waals surface area (Å²) in [6.07, 6.45) is 0. The summed E-state index contributed by atoms with van der Waals surface area (Å²) in [5.41, 5.74) is 2.94. The van der Waals surface area contributed by atoms with Crippen LogP contribution in [0, 0.1) is 11.3 Å². The molecule has 0 fully saturated rings. The van der Waals surface area contributed by atoms with Crippen molar-refractivity contribution < 1.29 is 0 Å². The molecule has 0 aliphatic rings. The van der Waals surface area contributed by atoms with Gasteiger partial charge in [0.1, 0.15) is 0 Å². The minimum absolute atomic E-state index is 0.130. The van der Waals surface area contributed by atoms with Crippen molar-refractivity contribution in [2.45, 2.75) is 12.8 Å². The van der Waals surface area contributed by atoms with E-state index in [4.69, 9.17) is 5.26 Å². The molecule has 0 saturated carbocycles. The van der Waals surface area contributed by atoms with Crippen LogP contribution in [0.15, 0.2) is 36.4 Å². The quantitative estimate of drug-likeness (QED) is 0.766. The average molecular weight is 211 g/mol. The standard InChI is InChI=1S/C13H13N3/c1-10(9-14)13-8-12(15-16(13)2)11-6-4-3-5-7-11/h3-8,10H,1-2H3. The first-order valence-corrected chi connectivity index (χ1v) is 5.21. The van der Waals surface area contributed by atoms with E-state index in [1.165, 1.54) is 0 Å². The Kier molecular flexibility index (Phi) is 2.74. The highest BCUT2D eigenvalue weighted by molar-refractivity contribution is 5.59. The zero-order valence-electron chi connectivity index (χ0n) is 9.38. The van der Waals surface area contributed by atoms with Gasteiger partial charge in [0, 0.05) is 12.6 Å². The van der Waals surface area contributed by atoms with Crippen molar-refractivity contribution in [2.24, 2.45) is 7.05 Å². The third kappa shape index (κ3) is 1.82. The first-order valence-electron chi connectivity index (χ1n) is 5.21. The summed E-state index contributed by atoms with van der Waals surface area (Å²) in [5.74, 6) is -0.130. The van der Waals surface area contributed by atoms with Crippen LogP contribution in [0.1, 0.15) is 18.5 Å². The molecule has 1 aromatic heterocycles. The predicted octanol–water partition coefficient (Wildman–Crippen LogP) is 2.71.